The van der Waals surface area contributed by atoms with E-state index in [1.54, 1.807) is 0 Å². The minimum atomic E-state index is 0.0103. The molecule has 2 nitrogen and oxygen atoms in total. The number of benzene rings is 1. The highest BCUT2D eigenvalue weighted by molar-refractivity contribution is 6.36. The molecule has 0 fully saturated rings. The van der Waals surface area contributed by atoms with Gasteiger partial charge in [0.25, 0.3) is 0 Å². The van der Waals surface area contributed by atoms with Crippen LogP contribution in [0.1, 0.15) is 38.3 Å². The molecule has 0 heterocycles. The zero-order chi connectivity index (χ0) is 12.1. The zero-order valence-corrected chi connectivity index (χ0v) is 11.1. The third kappa shape index (κ3) is 3.36. The molecule has 0 aromatic heterocycles. The summed E-state index contributed by atoms with van der Waals surface area (Å²) >= 11 is 12.3. The summed E-state index contributed by atoms with van der Waals surface area (Å²) in [7, 11) is 0. The van der Waals surface area contributed by atoms with Crippen LogP contribution in [0.4, 0.5) is 0 Å². The normalized spacial score (nSPS) is 14.8. The average molecular weight is 261 g/mol. The van der Waals surface area contributed by atoms with Crippen LogP contribution in [0.15, 0.2) is 18.2 Å². The second kappa shape index (κ2) is 6.45. The van der Waals surface area contributed by atoms with E-state index in [2.05, 4.69) is 19.3 Å². The standard InChI is InChI=1S/C12H18Cl2N2/c1-3-8(2)7-11(16-15)12-9(13)5-4-6-10(12)14/h4-6,8,11,16H,3,7,15H2,1-2H3. The van der Waals surface area contributed by atoms with E-state index in [4.69, 9.17) is 29.0 Å². The van der Waals surface area contributed by atoms with Gasteiger partial charge in [-0.25, -0.2) is 0 Å². The molecule has 0 aliphatic carbocycles. The molecular formula is C12H18Cl2N2. The molecule has 0 amide bonds. The average Bonchev–Trinajstić information content (AvgIpc) is 2.27. The summed E-state index contributed by atoms with van der Waals surface area (Å²) in [5.41, 5.74) is 3.69. The Morgan fingerprint density at radius 2 is 1.88 bits per heavy atom. The molecule has 90 valence electrons. The van der Waals surface area contributed by atoms with Crippen molar-refractivity contribution in [1.82, 2.24) is 5.43 Å². The summed E-state index contributed by atoms with van der Waals surface area (Å²) in [6.07, 6.45) is 2.04. The Morgan fingerprint density at radius 3 is 2.31 bits per heavy atom. The highest BCUT2D eigenvalue weighted by Gasteiger charge is 2.18. The van der Waals surface area contributed by atoms with Crippen molar-refractivity contribution in [2.24, 2.45) is 11.8 Å². The molecule has 0 bridgehead atoms. The van der Waals surface area contributed by atoms with Crippen molar-refractivity contribution in [3.63, 3.8) is 0 Å². The maximum atomic E-state index is 6.15. The van der Waals surface area contributed by atoms with Crippen LogP contribution in [-0.4, -0.2) is 0 Å². The van der Waals surface area contributed by atoms with Crippen molar-refractivity contribution >= 4 is 23.2 Å². The van der Waals surface area contributed by atoms with Gasteiger partial charge in [0.1, 0.15) is 0 Å². The predicted octanol–water partition coefficient (Wildman–Crippen LogP) is 3.93. The van der Waals surface area contributed by atoms with Gasteiger partial charge in [-0.1, -0.05) is 49.5 Å². The van der Waals surface area contributed by atoms with Gasteiger partial charge < -0.3 is 0 Å². The van der Waals surface area contributed by atoms with Gasteiger partial charge >= 0.3 is 0 Å². The number of hydrogen-bond acceptors (Lipinski definition) is 2. The number of hydrazine groups is 1. The van der Waals surface area contributed by atoms with Gasteiger partial charge in [-0.15, -0.1) is 0 Å². The highest BCUT2D eigenvalue weighted by Crippen LogP contribution is 2.33. The van der Waals surface area contributed by atoms with Crippen LogP contribution in [0, 0.1) is 5.92 Å². The van der Waals surface area contributed by atoms with Crippen LogP contribution in [0.25, 0.3) is 0 Å². The third-order valence-corrected chi connectivity index (χ3v) is 3.54. The first-order chi connectivity index (χ1) is 7.60. The monoisotopic (exact) mass is 260 g/mol. The van der Waals surface area contributed by atoms with Crippen molar-refractivity contribution in [3.8, 4) is 0 Å². The van der Waals surface area contributed by atoms with E-state index in [0.29, 0.717) is 16.0 Å². The molecular weight excluding hydrogens is 243 g/mol. The molecule has 0 radical (unpaired) electrons. The summed E-state index contributed by atoms with van der Waals surface area (Å²) in [5, 5.41) is 1.33. The largest absolute Gasteiger partial charge is 0.271 e. The van der Waals surface area contributed by atoms with Gasteiger partial charge in [0, 0.05) is 21.7 Å². The zero-order valence-electron chi connectivity index (χ0n) is 9.63. The lowest BCUT2D eigenvalue weighted by Crippen LogP contribution is -2.29. The van der Waals surface area contributed by atoms with Crippen LogP contribution in [0.3, 0.4) is 0 Å². The summed E-state index contributed by atoms with van der Waals surface area (Å²) in [6.45, 7) is 4.35. The molecule has 4 heteroatoms. The van der Waals surface area contributed by atoms with Gasteiger partial charge in [0.05, 0.1) is 0 Å². The van der Waals surface area contributed by atoms with Crippen molar-refractivity contribution in [2.75, 3.05) is 0 Å². The first kappa shape index (κ1) is 13.8. The highest BCUT2D eigenvalue weighted by atomic mass is 35.5. The van der Waals surface area contributed by atoms with E-state index in [-0.39, 0.29) is 6.04 Å². The van der Waals surface area contributed by atoms with Gasteiger partial charge in [-0.05, 0) is 24.5 Å². The Hall–Kier alpha value is -0.280. The molecule has 0 aliphatic heterocycles. The number of rotatable bonds is 5. The molecule has 2 unspecified atom stereocenters. The smallest absolute Gasteiger partial charge is 0.0492 e. The van der Waals surface area contributed by atoms with Gasteiger partial charge in [-0.3, -0.25) is 11.3 Å². The molecule has 1 rings (SSSR count). The van der Waals surface area contributed by atoms with E-state index in [9.17, 15) is 0 Å². The molecule has 0 aliphatic rings. The Morgan fingerprint density at radius 1 is 1.31 bits per heavy atom. The number of halogens is 2. The Labute approximate surface area is 107 Å². The van der Waals surface area contributed by atoms with Crippen LogP contribution in [0.5, 0.6) is 0 Å². The molecule has 3 N–H and O–H groups in total. The summed E-state index contributed by atoms with van der Waals surface area (Å²) in [5.74, 6) is 6.16. The minimum Gasteiger partial charge on any atom is -0.271 e. The summed E-state index contributed by atoms with van der Waals surface area (Å²) in [4.78, 5) is 0. The second-order valence-corrected chi connectivity index (χ2v) is 4.92. The molecule has 16 heavy (non-hydrogen) atoms. The number of nitrogens with one attached hydrogen (secondary N) is 1. The quantitative estimate of drug-likeness (QED) is 0.622. The van der Waals surface area contributed by atoms with E-state index in [0.717, 1.165) is 18.4 Å². The summed E-state index contributed by atoms with van der Waals surface area (Å²) < 4.78 is 0. The van der Waals surface area contributed by atoms with Crippen LogP contribution in [0.2, 0.25) is 10.0 Å². The maximum absolute atomic E-state index is 6.15. The minimum absolute atomic E-state index is 0.0103. The van der Waals surface area contributed by atoms with Crippen LogP contribution in [-0.2, 0) is 0 Å². The van der Waals surface area contributed by atoms with E-state index < -0.39 is 0 Å². The number of nitrogens with two attached hydrogens (primary N) is 1. The third-order valence-electron chi connectivity index (χ3n) is 2.88. The Kier molecular flexibility index (Phi) is 5.56. The van der Waals surface area contributed by atoms with Crippen molar-refractivity contribution in [2.45, 2.75) is 32.7 Å². The molecule has 2 atom stereocenters. The van der Waals surface area contributed by atoms with Crippen molar-refractivity contribution in [3.05, 3.63) is 33.8 Å². The van der Waals surface area contributed by atoms with Crippen LogP contribution >= 0.6 is 23.2 Å². The van der Waals surface area contributed by atoms with Crippen molar-refractivity contribution < 1.29 is 0 Å². The predicted molar refractivity (Wildman–Crippen MR) is 70.6 cm³/mol. The summed E-state index contributed by atoms with van der Waals surface area (Å²) in [6, 6.07) is 5.52. The first-order valence-corrected chi connectivity index (χ1v) is 6.25. The molecule has 1 aromatic carbocycles. The lowest BCUT2D eigenvalue weighted by molar-refractivity contribution is 0.408. The van der Waals surface area contributed by atoms with E-state index in [1.807, 2.05) is 18.2 Å². The van der Waals surface area contributed by atoms with Crippen molar-refractivity contribution in [1.29, 1.82) is 0 Å². The molecule has 1 aromatic rings. The SMILES string of the molecule is CCC(C)CC(NN)c1c(Cl)cccc1Cl. The molecule has 0 saturated carbocycles. The fourth-order valence-corrected chi connectivity index (χ4v) is 2.34. The lowest BCUT2D eigenvalue weighted by Gasteiger charge is -2.21. The van der Waals surface area contributed by atoms with Gasteiger partial charge in [0.2, 0.25) is 0 Å². The van der Waals surface area contributed by atoms with Crippen LogP contribution < -0.4 is 11.3 Å². The van der Waals surface area contributed by atoms with E-state index >= 15 is 0 Å². The molecule has 0 spiro atoms. The van der Waals surface area contributed by atoms with Gasteiger partial charge in [-0.2, -0.15) is 0 Å². The van der Waals surface area contributed by atoms with E-state index in [1.165, 1.54) is 0 Å². The Balaban J connectivity index is 2.94. The van der Waals surface area contributed by atoms with Gasteiger partial charge in [0.15, 0.2) is 0 Å². The Bertz CT molecular complexity index is 322. The fourth-order valence-electron chi connectivity index (χ4n) is 1.68. The fraction of sp³-hybridized carbons (Fsp3) is 0.500. The molecule has 0 saturated heterocycles. The second-order valence-electron chi connectivity index (χ2n) is 4.10. The lowest BCUT2D eigenvalue weighted by atomic mass is 9.94. The number of hydrogen-bond donors (Lipinski definition) is 2. The first-order valence-electron chi connectivity index (χ1n) is 5.50. The maximum Gasteiger partial charge on any atom is 0.0492 e. The topological polar surface area (TPSA) is 38.0 Å².